The van der Waals surface area contributed by atoms with Crippen molar-refractivity contribution in [3.8, 4) is 0 Å². The topological polar surface area (TPSA) is 62.3 Å². The van der Waals surface area contributed by atoms with Crippen molar-refractivity contribution < 1.29 is 22.8 Å². The lowest BCUT2D eigenvalue weighted by molar-refractivity contribution is -0.186. The third kappa shape index (κ3) is 3.06. The Bertz CT molecular complexity index is 504. The van der Waals surface area contributed by atoms with Crippen LogP contribution >= 0.6 is 0 Å². The van der Waals surface area contributed by atoms with E-state index < -0.39 is 24.0 Å². The van der Waals surface area contributed by atoms with Crippen LogP contribution in [-0.2, 0) is 9.59 Å². The van der Waals surface area contributed by atoms with Crippen molar-refractivity contribution in [1.29, 1.82) is 0 Å². The van der Waals surface area contributed by atoms with Crippen molar-refractivity contribution in [3.05, 3.63) is 24.5 Å². The molecule has 1 atom stereocenters. The number of nitrogens with zero attached hydrogens (tertiary/aromatic N) is 2. The SMILES string of the molecule is O=C(Nc1cccnc1)C1CCCN1C(=O)C(F)(F)F. The van der Waals surface area contributed by atoms with Crippen LogP contribution in [0.3, 0.4) is 0 Å². The molecule has 2 amide bonds. The second-order valence-electron chi connectivity index (χ2n) is 4.39. The fraction of sp³-hybridized carbons (Fsp3) is 0.417. The van der Waals surface area contributed by atoms with E-state index in [-0.39, 0.29) is 13.0 Å². The molecule has 0 radical (unpaired) electrons. The molecule has 5 nitrogen and oxygen atoms in total. The van der Waals surface area contributed by atoms with E-state index in [2.05, 4.69) is 10.3 Å². The Labute approximate surface area is 112 Å². The van der Waals surface area contributed by atoms with E-state index in [0.717, 1.165) is 0 Å². The average molecular weight is 287 g/mol. The first-order valence-corrected chi connectivity index (χ1v) is 5.98. The maximum atomic E-state index is 12.4. The van der Waals surface area contributed by atoms with Gasteiger partial charge in [-0.15, -0.1) is 0 Å². The minimum Gasteiger partial charge on any atom is -0.323 e. The molecule has 1 unspecified atom stereocenters. The number of anilines is 1. The Morgan fingerprint density at radius 2 is 2.15 bits per heavy atom. The molecule has 0 aromatic carbocycles. The highest BCUT2D eigenvalue weighted by Gasteiger charge is 2.47. The predicted octanol–water partition coefficient (Wildman–Crippen LogP) is 1.57. The number of likely N-dealkylation sites (tertiary alicyclic amines) is 1. The van der Waals surface area contributed by atoms with E-state index in [1.807, 2.05) is 0 Å². The number of alkyl halides is 3. The van der Waals surface area contributed by atoms with Gasteiger partial charge in [0, 0.05) is 12.7 Å². The molecule has 1 aliphatic rings. The monoisotopic (exact) mass is 287 g/mol. The van der Waals surface area contributed by atoms with E-state index >= 15 is 0 Å². The van der Waals surface area contributed by atoms with Gasteiger partial charge < -0.3 is 10.2 Å². The summed E-state index contributed by atoms with van der Waals surface area (Å²) in [6, 6.07) is 2.06. The zero-order valence-electron chi connectivity index (χ0n) is 10.4. The summed E-state index contributed by atoms with van der Waals surface area (Å²) in [5.74, 6) is -2.60. The summed E-state index contributed by atoms with van der Waals surface area (Å²) < 4.78 is 37.3. The van der Waals surface area contributed by atoms with Crippen molar-refractivity contribution in [3.63, 3.8) is 0 Å². The van der Waals surface area contributed by atoms with Crippen LogP contribution < -0.4 is 5.32 Å². The summed E-state index contributed by atoms with van der Waals surface area (Å²) in [6.07, 6.45) is -1.49. The second-order valence-corrected chi connectivity index (χ2v) is 4.39. The minimum absolute atomic E-state index is 0.0660. The molecule has 20 heavy (non-hydrogen) atoms. The molecule has 0 bridgehead atoms. The molecule has 1 aliphatic heterocycles. The fourth-order valence-electron chi connectivity index (χ4n) is 2.11. The van der Waals surface area contributed by atoms with Crippen molar-refractivity contribution >= 4 is 17.5 Å². The van der Waals surface area contributed by atoms with Crippen molar-refractivity contribution in [2.45, 2.75) is 25.1 Å². The number of rotatable bonds is 2. The van der Waals surface area contributed by atoms with Gasteiger partial charge in [0.25, 0.3) is 0 Å². The number of amides is 2. The van der Waals surface area contributed by atoms with E-state index in [4.69, 9.17) is 0 Å². The zero-order valence-corrected chi connectivity index (χ0v) is 10.4. The van der Waals surface area contributed by atoms with Crippen LogP contribution in [0.2, 0.25) is 0 Å². The Kier molecular flexibility index (Phi) is 3.91. The van der Waals surface area contributed by atoms with Gasteiger partial charge in [-0.3, -0.25) is 14.6 Å². The van der Waals surface area contributed by atoms with E-state index in [1.54, 1.807) is 12.1 Å². The number of pyridine rings is 1. The zero-order chi connectivity index (χ0) is 14.8. The number of aromatic nitrogens is 1. The summed E-state index contributed by atoms with van der Waals surface area (Å²) in [7, 11) is 0. The number of carbonyl (C=O) groups is 2. The van der Waals surface area contributed by atoms with Gasteiger partial charge in [-0.1, -0.05) is 0 Å². The number of carbonyl (C=O) groups excluding carboxylic acids is 2. The smallest absolute Gasteiger partial charge is 0.323 e. The summed E-state index contributed by atoms with van der Waals surface area (Å²) >= 11 is 0. The van der Waals surface area contributed by atoms with Crippen LogP contribution in [0.1, 0.15) is 12.8 Å². The highest BCUT2D eigenvalue weighted by atomic mass is 19.4. The lowest BCUT2D eigenvalue weighted by Crippen LogP contribution is -2.48. The van der Waals surface area contributed by atoms with Crippen LogP contribution in [0.25, 0.3) is 0 Å². The first kappa shape index (κ1) is 14.3. The van der Waals surface area contributed by atoms with E-state index in [9.17, 15) is 22.8 Å². The molecule has 1 aromatic rings. The van der Waals surface area contributed by atoms with Crippen LogP contribution in [0.5, 0.6) is 0 Å². The molecule has 0 spiro atoms. The molecule has 0 saturated carbocycles. The summed E-state index contributed by atoms with van der Waals surface area (Å²) in [6.45, 7) is -0.0660. The van der Waals surface area contributed by atoms with Crippen molar-refractivity contribution in [2.24, 2.45) is 0 Å². The molecule has 1 aromatic heterocycles. The number of nitrogens with one attached hydrogen (secondary N) is 1. The van der Waals surface area contributed by atoms with Crippen LogP contribution in [0.15, 0.2) is 24.5 Å². The number of halogens is 3. The molecular formula is C12H12F3N3O2. The third-order valence-corrected chi connectivity index (χ3v) is 2.99. The Morgan fingerprint density at radius 1 is 1.40 bits per heavy atom. The first-order valence-electron chi connectivity index (χ1n) is 5.98. The maximum absolute atomic E-state index is 12.4. The molecular weight excluding hydrogens is 275 g/mol. The van der Waals surface area contributed by atoms with Gasteiger partial charge in [0.2, 0.25) is 5.91 Å². The molecule has 8 heteroatoms. The standard InChI is InChI=1S/C12H12F3N3O2/c13-12(14,15)11(20)18-6-2-4-9(18)10(19)17-8-3-1-5-16-7-8/h1,3,5,7,9H,2,4,6H2,(H,17,19). The van der Waals surface area contributed by atoms with Gasteiger partial charge in [-0.25, -0.2) is 0 Å². The van der Waals surface area contributed by atoms with Gasteiger partial charge in [0.1, 0.15) is 6.04 Å². The van der Waals surface area contributed by atoms with Gasteiger partial charge >= 0.3 is 12.1 Å². The molecule has 1 saturated heterocycles. The van der Waals surface area contributed by atoms with E-state index in [0.29, 0.717) is 17.0 Å². The molecule has 1 fully saturated rings. The number of hydrogen-bond acceptors (Lipinski definition) is 3. The summed E-state index contributed by atoms with van der Waals surface area (Å²) in [4.78, 5) is 27.6. The highest BCUT2D eigenvalue weighted by molar-refractivity contribution is 5.98. The Hall–Kier alpha value is -2.12. The number of hydrogen-bond donors (Lipinski definition) is 1. The first-order chi connectivity index (χ1) is 9.39. The summed E-state index contributed by atoms with van der Waals surface area (Å²) in [5.41, 5.74) is 0.379. The molecule has 108 valence electrons. The fourth-order valence-corrected chi connectivity index (χ4v) is 2.11. The quantitative estimate of drug-likeness (QED) is 0.898. The van der Waals surface area contributed by atoms with Crippen LogP contribution in [0, 0.1) is 0 Å². The van der Waals surface area contributed by atoms with Gasteiger partial charge in [-0.2, -0.15) is 13.2 Å². The second kappa shape index (κ2) is 5.48. The largest absolute Gasteiger partial charge is 0.471 e. The average Bonchev–Trinajstić information content (AvgIpc) is 2.87. The normalized spacial score (nSPS) is 18.9. The van der Waals surface area contributed by atoms with Crippen molar-refractivity contribution in [2.75, 3.05) is 11.9 Å². The lowest BCUT2D eigenvalue weighted by atomic mass is 10.2. The van der Waals surface area contributed by atoms with Crippen molar-refractivity contribution in [1.82, 2.24) is 9.88 Å². The van der Waals surface area contributed by atoms with Gasteiger partial charge in [0.15, 0.2) is 0 Å². The van der Waals surface area contributed by atoms with E-state index in [1.165, 1.54) is 12.4 Å². The van der Waals surface area contributed by atoms with Gasteiger partial charge in [0.05, 0.1) is 11.9 Å². The highest BCUT2D eigenvalue weighted by Crippen LogP contribution is 2.26. The lowest BCUT2D eigenvalue weighted by Gasteiger charge is -2.24. The molecule has 0 aliphatic carbocycles. The summed E-state index contributed by atoms with van der Waals surface area (Å²) in [5, 5.41) is 2.46. The van der Waals surface area contributed by atoms with Gasteiger partial charge in [-0.05, 0) is 25.0 Å². The minimum atomic E-state index is -4.96. The van der Waals surface area contributed by atoms with Crippen LogP contribution in [-0.4, -0.2) is 40.5 Å². The predicted molar refractivity (Wildman–Crippen MR) is 63.7 cm³/mol. The van der Waals surface area contributed by atoms with Crippen LogP contribution in [0.4, 0.5) is 18.9 Å². The molecule has 2 rings (SSSR count). The maximum Gasteiger partial charge on any atom is 0.471 e. The Balaban J connectivity index is 2.07. The molecule has 2 heterocycles. The third-order valence-electron chi connectivity index (χ3n) is 2.99. The molecule has 1 N–H and O–H groups in total. The Morgan fingerprint density at radius 3 is 2.75 bits per heavy atom.